The molecule has 4 heteroatoms. The number of rotatable bonds is 2. The molecule has 0 rings (SSSR count). The van der Waals surface area contributed by atoms with Crippen molar-refractivity contribution < 1.29 is 13.9 Å². The van der Waals surface area contributed by atoms with Gasteiger partial charge in [-0.2, -0.15) is 0 Å². The first-order valence-electron chi connectivity index (χ1n) is 1.97. The van der Waals surface area contributed by atoms with Gasteiger partial charge in [0.15, 0.2) is 0 Å². The van der Waals surface area contributed by atoms with Crippen LogP contribution < -0.4 is 0 Å². The Morgan fingerprint density at radius 3 is 2.75 bits per heavy atom. The second-order valence-corrected chi connectivity index (χ2v) is 1.32. The SMILES string of the molecule is CC=CC(=O)OP=O. The maximum absolute atomic E-state index is 10.1. The van der Waals surface area contributed by atoms with E-state index < -0.39 is 14.7 Å². The van der Waals surface area contributed by atoms with Crippen LogP contribution in [0.5, 0.6) is 0 Å². The standard InChI is InChI=1S/C4H5O3P/c1-2-3-4(5)7-8-6/h2-3H,1H3. The number of hydrogen-bond acceptors (Lipinski definition) is 3. The Labute approximate surface area is 48.6 Å². The summed E-state index contributed by atoms with van der Waals surface area (Å²) >= 11 is 0. The van der Waals surface area contributed by atoms with Crippen LogP contribution in [0.2, 0.25) is 0 Å². The van der Waals surface area contributed by atoms with Crippen molar-refractivity contribution in [3.05, 3.63) is 12.2 Å². The van der Waals surface area contributed by atoms with Gasteiger partial charge < -0.3 is 4.52 Å². The zero-order chi connectivity index (χ0) is 6.41. The van der Waals surface area contributed by atoms with Crippen LogP contribution in [0, 0.1) is 0 Å². The quantitative estimate of drug-likeness (QED) is 0.420. The van der Waals surface area contributed by atoms with E-state index in [9.17, 15) is 9.36 Å². The molecular weight excluding hydrogens is 127 g/mol. The molecule has 0 aliphatic heterocycles. The summed E-state index contributed by atoms with van der Waals surface area (Å²) < 4.78 is 13.5. The highest BCUT2D eigenvalue weighted by Crippen LogP contribution is 1.94. The zero-order valence-corrected chi connectivity index (χ0v) is 5.22. The molecule has 0 saturated carbocycles. The molecule has 0 aromatic rings. The molecule has 0 atom stereocenters. The fourth-order valence-electron chi connectivity index (χ4n) is 0.203. The summed E-state index contributed by atoms with van der Waals surface area (Å²) in [4.78, 5) is 10.1. The van der Waals surface area contributed by atoms with Gasteiger partial charge in [0.25, 0.3) is 0 Å². The molecule has 0 aromatic heterocycles. The Morgan fingerprint density at radius 1 is 1.75 bits per heavy atom. The molecule has 0 amide bonds. The predicted octanol–water partition coefficient (Wildman–Crippen LogP) is 1.31. The first kappa shape index (κ1) is 7.31. The van der Waals surface area contributed by atoms with Crippen LogP contribution in [-0.4, -0.2) is 5.97 Å². The van der Waals surface area contributed by atoms with Gasteiger partial charge in [-0.3, -0.25) is 0 Å². The van der Waals surface area contributed by atoms with Crippen molar-refractivity contribution in [2.75, 3.05) is 0 Å². The Bertz CT molecular complexity index is 118. The van der Waals surface area contributed by atoms with Gasteiger partial charge in [-0.15, -0.1) is 0 Å². The van der Waals surface area contributed by atoms with Crippen molar-refractivity contribution in [1.82, 2.24) is 0 Å². The van der Waals surface area contributed by atoms with Crippen LogP contribution in [0.3, 0.4) is 0 Å². The molecule has 0 radical (unpaired) electrons. The van der Waals surface area contributed by atoms with Gasteiger partial charge >= 0.3 is 14.7 Å². The minimum Gasteiger partial charge on any atom is -0.370 e. The minimum absolute atomic E-state index is 0.593. The van der Waals surface area contributed by atoms with E-state index in [1.807, 2.05) is 0 Å². The molecule has 44 valence electrons. The van der Waals surface area contributed by atoms with E-state index in [1.54, 1.807) is 6.92 Å². The van der Waals surface area contributed by atoms with E-state index >= 15 is 0 Å². The lowest BCUT2D eigenvalue weighted by Crippen LogP contribution is -1.87. The van der Waals surface area contributed by atoms with E-state index in [1.165, 1.54) is 12.2 Å². The Hall–Kier alpha value is -0.690. The number of hydrogen-bond donors (Lipinski definition) is 0. The van der Waals surface area contributed by atoms with E-state index in [0.29, 0.717) is 0 Å². The fraction of sp³-hybridized carbons (Fsp3) is 0.250. The highest BCUT2D eigenvalue weighted by atomic mass is 31.1. The van der Waals surface area contributed by atoms with Crippen LogP contribution in [0.1, 0.15) is 6.92 Å². The normalized spacial score (nSPS) is 10.1. The van der Waals surface area contributed by atoms with Crippen LogP contribution in [-0.2, 0) is 13.9 Å². The molecule has 0 saturated heterocycles. The molecule has 0 N–H and O–H groups in total. The molecule has 0 bridgehead atoms. The maximum Gasteiger partial charge on any atom is 0.398 e. The molecule has 0 fully saturated rings. The van der Waals surface area contributed by atoms with E-state index in [2.05, 4.69) is 4.52 Å². The van der Waals surface area contributed by atoms with Crippen molar-refractivity contribution in [2.45, 2.75) is 6.92 Å². The fourth-order valence-corrected chi connectivity index (χ4v) is 0.338. The minimum atomic E-state index is -0.602. The highest BCUT2D eigenvalue weighted by molar-refractivity contribution is 7.18. The van der Waals surface area contributed by atoms with Gasteiger partial charge in [-0.25, -0.2) is 9.36 Å². The van der Waals surface area contributed by atoms with Gasteiger partial charge in [0.2, 0.25) is 0 Å². The topological polar surface area (TPSA) is 43.4 Å². The van der Waals surface area contributed by atoms with Crippen molar-refractivity contribution in [3.8, 4) is 0 Å². The molecule has 0 aliphatic rings. The summed E-state index contributed by atoms with van der Waals surface area (Å²) in [6.07, 6.45) is 2.69. The van der Waals surface area contributed by atoms with Crippen molar-refractivity contribution >= 4 is 14.7 Å². The van der Waals surface area contributed by atoms with Gasteiger partial charge in [0.05, 0.1) is 0 Å². The highest BCUT2D eigenvalue weighted by Gasteiger charge is 1.90. The third kappa shape index (κ3) is 3.50. The zero-order valence-electron chi connectivity index (χ0n) is 4.33. The van der Waals surface area contributed by atoms with Crippen LogP contribution in [0.25, 0.3) is 0 Å². The number of carbonyl (C=O) groups is 1. The van der Waals surface area contributed by atoms with Crippen LogP contribution in [0.4, 0.5) is 0 Å². The summed E-state index contributed by atoms with van der Waals surface area (Å²) in [6, 6.07) is 0. The van der Waals surface area contributed by atoms with Crippen molar-refractivity contribution in [2.24, 2.45) is 0 Å². The average Bonchev–Trinajstić information content (AvgIpc) is 1.68. The van der Waals surface area contributed by atoms with E-state index in [4.69, 9.17) is 0 Å². The second-order valence-electron chi connectivity index (χ2n) is 0.985. The molecule has 0 unspecified atom stereocenters. The monoisotopic (exact) mass is 132 g/mol. The van der Waals surface area contributed by atoms with Gasteiger partial charge in [0.1, 0.15) is 0 Å². The first-order valence-corrected chi connectivity index (χ1v) is 2.70. The summed E-state index contributed by atoms with van der Waals surface area (Å²) in [5.74, 6) is -0.593. The van der Waals surface area contributed by atoms with Gasteiger partial charge in [-0.1, -0.05) is 6.08 Å². The lowest BCUT2D eigenvalue weighted by Gasteiger charge is -1.80. The molecule has 3 nitrogen and oxygen atoms in total. The molecule has 0 heterocycles. The van der Waals surface area contributed by atoms with Crippen LogP contribution >= 0.6 is 8.69 Å². The lowest BCUT2D eigenvalue weighted by molar-refractivity contribution is -0.128. The predicted molar refractivity (Wildman–Crippen MR) is 28.5 cm³/mol. The third-order valence-corrected chi connectivity index (χ3v) is 0.684. The average molecular weight is 132 g/mol. The smallest absolute Gasteiger partial charge is 0.370 e. The van der Waals surface area contributed by atoms with E-state index in [0.717, 1.165) is 0 Å². The molecule has 0 aliphatic carbocycles. The van der Waals surface area contributed by atoms with Crippen molar-refractivity contribution in [3.63, 3.8) is 0 Å². The maximum atomic E-state index is 10.1. The Balaban J connectivity index is 3.48. The number of allylic oxidation sites excluding steroid dienone is 1. The Morgan fingerprint density at radius 2 is 2.38 bits per heavy atom. The largest absolute Gasteiger partial charge is 0.398 e. The third-order valence-electron chi connectivity index (χ3n) is 0.430. The summed E-state index contributed by atoms with van der Waals surface area (Å²) in [6.45, 7) is 1.67. The molecule has 8 heavy (non-hydrogen) atoms. The molecule has 0 spiro atoms. The summed E-state index contributed by atoms with van der Waals surface area (Å²) in [5, 5.41) is 0. The second kappa shape index (κ2) is 4.47. The summed E-state index contributed by atoms with van der Waals surface area (Å²) in [5.41, 5.74) is 0. The molecular formula is C4H5O3P. The van der Waals surface area contributed by atoms with Crippen LogP contribution in [0.15, 0.2) is 12.2 Å². The molecule has 0 aromatic carbocycles. The summed E-state index contributed by atoms with van der Waals surface area (Å²) in [7, 11) is -0.602. The van der Waals surface area contributed by atoms with E-state index in [-0.39, 0.29) is 0 Å². The Kier molecular flexibility index (Phi) is 4.08. The first-order chi connectivity index (χ1) is 3.81. The van der Waals surface area contributed by atoms with Crippen molar-refractivity contribution in [1.29, 1.82) is 0 Å². The lowest BCUT2D eigenvalue weighted by atomic mass is 10.5. The van der Waals surface area contributed by atoms with Gasteiger partial charge in [0, 0.05) is 6.08 Å². The van der Waals surface area contributed by atoms with Gasteiger partial charge in [-0.05, 0) is 6.92 Å². The number of carbonyl (C=O) groups excluding carboxylic acids is 1.